The summed E-state index contributed by atoms with van der Waals surface area (Å²) in [6, 6.07) is 8.83. The molecule has 1 aliphatic heterocycles. The van der Waals surface area contributed by atoms with Crippen molar-refractivity contribution in [1.29, 1.82) is 5.26 Å². The molecule has 3 N–H and O–H groups in total. The fourth-order valence-corrected chi connectivity index (χ4v) is 2.89. The number of carbonyl (C=O) groups excluding carboxylic acids is 2. The molecule has 1 fully saturated rings. The number of amides is 2. The number of methoxy groups -OCH3 is 1. The molecule has 7 nitrogen and oxygen atoms in total. The fourth-order valence-electron chi connectivity index (χ4n) is 2.89. The zero-order valence-corrected chi connectivity index (χ0v) is 13.0. The molecule has 122 valence electrons. The summed E-state index contributed by atoms with van der Waals surface area (Å²) < 4.78 is 5.11. The molecular weight excluding hydrogens is 296 g/mol. The molecule has 0 radical (unpaired) electrons. The molecule has 2 rings (SSSR count). The zero-order valence-electron chi connectivity index (χ0n) is 13.0. The third-order valence-electron chi connectivity index (χ3n) is 4.09. The lowest BCUT2D eigenvalue weighted by Gasteiger charge is -2.35. The molecule has 1 heterocycles. The van der Waals surface area contributed by atoms with Crippen LogP contribution in [0.25, 0.3) is 0 Å². The van der Waals surface area contributed by atoms with Crippen molar-refractivity contribution >= 4 is 17.5 Å². The topological polar surface area (TPSA) is 108 Å². The third-order valence-corrected chi connectivity index (χ3v) is 4.09. The second kappa shape index (κ2) is 7.11. The maximum absolute atomic E-state index is 12.5. The van der Waals surface area contributed by atoms with Gasteiger partial charge in [0.2, 0.25) is 11.8 Å². The normalized spacial score (nSPS) is 20.1. The van der Waals surface area contributed by atoms with E-state index in [2.05, 4.69) is 5.32 Å². The SMILES string of the molecule is COC[C@@]1(C(N)=O)CCCN1C(=O)CNc1ccc(C#N)cc1. The molecule has 0 aliphatic carbocycles. The van der Waals surface area contributed by atoms with Gasteiger partial charge in [0.05, 0.1) is 24.8 Å². The van der Waals surface area contributed by atoms with Crippen molar-refractivity contribution in [2.24, 2.45) is 5.73 Å². The standard InChI is InChI=1S/C16H20N4O3/c1-23-11-16(15(18)22)7-2-8-20(16)14(21)10-19-13-5-3-12(9-17)4-6-13/h3-6,19H,2,7-8,10-11H2,1H3,(H2,18,22)/t16-/m1/s1. The van der Waals surface area contributed by atoms with E-state index in [0.29, 0.717) is 18.5 Å². The fraction of sp³-hybridized carbons (Fsp3) is 0.438. The second-order valence-electron chi connectivity index (χ2n) is 5.52. The Hall–Kier alpha value is -2.59. The first-order valence-electron chi connectivity index (χ1n) is 7.37. The number of likely N-dealkylation sites (tertiary alicyclic amines) is 1. The lowest BCUT2D eigenvalue weighted by molar-refractivity contribution is -0.145. The van der Waals surface area contributed by atoms with Gasteiger partial charge >= 0.3 is 0 Å². The molecule has 0 spiro atoms. The molecule has 0 aromatic heterocycles. The van der Waals surface area contributed by atoms with Crippen LogP contribution in [-0.4, -0.2) is 49.1 Å². The lowest BCUT2D eigenvalue weighted by atomic mass is 9.96. The number of benzene rings is 1. The molecule has 0 bridgehead atoms. The van der Waals surface area contributed by atoms with E-state index in [1.54, 1.807) is 24.3 Å². The van der Waals surface area contributed by atoms with Crippen LogP contribution < -0.4 is 11.1 Å². The number of nitriles is 1. The molecule has 2 amide bonds. The molecule has 1 saturated heterocycles. The van der Waals surface area contributed by atoms with Crippen LogP contribution in [0.3, 0.4) is 0 Å². The van der Waals surface area contributed by atoms with Gasteiger partial charge in [-0.3, -0.25) is 9.59 Å². The number of nitrogens with two attached hydrogens (primary N) is 1. The number of hydrogen-bond donors (Lipinski definition) is 2. The predicted octanol–water partition coefficient (Wildman–Crippen LogP) is 0.463. The average molecular weight is 316 g/mol. The van der Waals surface area contributed by atoms with E-state index >= 15 is 0 Å². The van der Waals surface area contributed by atoms with Crippen molar-refractivity contribution in [3.05, 3.63) is 29.8 Å². The lowest BCUT2D eigenvalue weighted by Crippen LogP contribution is -2.59. The summed E-state index contributed by atoms with van der Waals surface area (Å²) in [5, 5.41) is 11.8. The van der Waals surface area contributed by atoms with Crippen LogP contribution in [0, 0.1) is 11.3 Å². The number of rotatable bonds is 6. The Bertz CT molecular complexity index is 623. The van der Waals surface area contributed by atoms with Gasteiger partial charge < -0.3 is 20.7 Å². The Morgan fingerprint density at radius 3 is 2.70 bits per heavy atom. The minimum Gasteiger partial charge on any atom is -0.382 e. The molecule has 1 aromatic carbocycles. The largest absolute Gasteiger partial charge is 0.382 e. The quantitative estimate of drug-likeness (QED) is 0.792. The van der Waals surface area contributed by atoms with Crippen molar-refractivity contribution in [2.45, 2.75) is 18.4 Å². The Labute approximate surface area is 135 Å². The highest BCUT2D eigenvalue weighted by atomic mass is 16.5. The van der Waals surface area contributed by atoms with E-state index in [1.165, 1.54) is 12.0 Å². The van der Waals surface area contributed by atoms with E-state index < -0.39 is 11.4 Å². The van der Waals surface area contributed by atoms with Crippen LogP contribution in [0.1, 0.15) is 18.4 Å². The minimum atomic E-state index is -1.06. The first-order valence-corrected chi connectivity index (χ1v) is 7.37. The third kappa shape index (κ3) is 3.43. The zero-order chi connectivity index (χ0) is 16.9. The monoisotopic (exact) mass is 316 g/mol. The smallest absolute Gasteiger partial charge is 0.245 e. The Balaban J connectivity index is 2.04. The number of nitrogens with zero attached hydrogens (tertiary/aromatic N) is 2. The van der Waals surface area contributed by atoms with Crippen LogP contribution in [0.15, 0.2) is 24.3 Å². The number of nitrogens with one attached hydrogen (secondary N) is 1. The molecule has 1 atom stereocenters. The molecule has 7 heteroatoms. The van der Waals surface area contributed by atoms with Crippen LogP contribution in [-0.2, 0) is 14.3 Å². The highest BCUT2D eigenvalue weighted by Gasteiger charge is 2.48. The second-order valence-corrected chi connectivity index (χ2v) is 5.52. The van der Waals surface area contributed by atoms with Gasteiger partial charge in [0.1, 0.15) is 5.54 Å². The maximum Gasteiger partial charge on any atom is 0.245 e. The van der Waals surface area contributed by atoms with Crippen LogP contribution in [0.5, 0.6) is 0 Å². The van der Waals surface area contributed by atoms with Crippen LogP contribution in [0.2, 0.25) is 0 Å². The highest BCUT2D eigenvalue weighted by Crippen LogP contribution is 2.29. The van der Waals surface area contributed by atoms with Gasteiger partial charge in [0, 0.05) is 19.3 Å². The summed E-state index contributed by atoms with van der Waals surface area (Å²) in [7, 11) is 1.49. The summed E-state index contributed by atoms with van der Waals surface area (Å²) >= 11 is 0. The number of hydrogen-bond acceptors (Lipinski definition) is 5. The van der Waals surface area contributed by atoms with Crippen LogP contribution >= 0.6 is 0 Å². The molecular formula is C16H20N4O3. The van der Waals surface area contributed by atoms with Crippen LogP contribution in [0.4, 0.5) is 5.69 Å². The summed E-state index contributed by atoms with van der Waals surface area (Å²) in [6.45, 7) is 0.635. The maximum atomic E-state index is 12.5. The minimum absolute atomic E-state index is 0.0463. The summed E-state index contributed by atoms with van der Waals surface area (Å²) in [4.78, 5) is 25.9. The van der Waals surface area contributed by atoms with E-state index in [1.807, 2.05) is 6.07 Å². The van der Waals surface area contributed by atoms with Gasteiger partial charge in [-0.15, -0.1) is 0 Å². The predicted molar refractivity (Wildman–Crippen MR) is 84.4 cm³/mol. The first kappa shape index (κ1) is 16.8. The number of anilines is 1. The first-order chi connectivity index (χ1) is 11.0. The van der Waals surface area contributed by atoms with E-state index in [0.717, 1.165) is 12.1 Å². The summed E-state index contributed by atoms with van der Waals surface area (Å²) in [5.41, 5.74) is 5.74. The molecule has 23 heavy (non-hydrogen) atoms. The van der Waals surface area contributed by atoms with Gasteiger partial charge in [-0.2, -0.15) is 5.26 Å². The summed E-state index contributed by atoms with van der Waals surface area (Å²) in [6.07, 6.45) is 1.23. The Morgan fingerprint density at radius 1 is 1.43 bits per heavy atom. The molecule has 1 aliphatic rings. The molecule has 1 aromatic rings. The Kier molecular flexibility index (Phi) is 5.19. The number of ether oxygens (including phenoxy) is 1. The van der Waals surface area contributed by atoms with Gasteiger partial charge in [0.25, 0.3) is 0 Å². The van der Waals surface area contributed by atoms with Gasteiger partial charge in [-0.1, -0.05) is 0 Å². The van der Waals surface area contributed by atoms with E-state index in [4.69, 9.17) is 15.7 Å². The molecule has 0 saturated carbocycles. The van der Waals surface area contributed by atoms with Crippen molar-refractivity contribution in [3.8, 4) is 6.07 Å². The van der Waals surface area contributed by atoms with E-state index in [9.17, 15) is 9.59 Å². The average Bonchev–Trinajstić information content (AvgIpc) is 2.98. The van der Waals surface area contributed by atoms with Gasteiger partial charge in [-0.05, 0) is 37.1 Å². The number of carbonyl (C=O) groups is 2. The summed E-state index contributed by atoms with van der Waals surface area (Å²) in [5.74, 6) is -0.744. The van der Waals surface area contributed by atoms with Crippen molar-refractivity contribution < 1.29 is 14.3 Å². The number of primary amides is 1. The van der Waals surface area contributed by atoms with Gasteiger partial charge in [-0.25, -0.2) is 0 Å². The van der Waals surface area contributed by atoms with Crippen molar-refractivity contribution in [1.82, 2.24) is 4.90 Å². The van der Waals surface area contributed by atoms with Gasteiger partial charge in [0.15, 0.2) is 0 Å². The van der Waals surface area contributed by atoms with Crippen molar-refractivity contribution in [2.75, 3.05) is 32.1 Å². The van der Waals surface area contributed by atoms with E-state index in [-0.39, 0.29) is 19.1 Å². The Morgan fingerprint density at radius 2 is 2.13 bits per heavy atom. The highest BCUT2D eigenvalue weighted by molar-refractivity contribution is 5.92. The molecule has 0 unspecified atom stereocenters. The van der Waals surface area contributed by atoms with Crippen molar-refractivity contribution in [3.63, 3.8) is 0 Å².